The topological polar surface area (TPSA) is 63.6 Å². The van der Waals surface area contributed by atoms with Crippen molar-refractivity contribution >= 4 is 10.4 Å². The Morgan fingerprint density at radius 1 is 0.963 bits per heavy atom. The van der Waals surface area contributed by atoms with Crippen LogP contribution in [0.5, 0.6) is 0 Å². The highest BCUT2D eigenvalue weighted by molar-refractivity contribution is 7.80. The summed E-state index contributed by atoms with van der Waals surface area (Å²) in [6.45, 7) is 6.59. The quantitative estimate of drug-likeness (QED) is 0.234. The first-order valence-electron chi connectivity index (χ1n) is 11.5. The van der Waals surface area contributed by atoms with E-state index in [1.165, 1.54) is 51.4 Å². The summed E-state index contributed by atoms with van der Waals surface area (Å²) in [6.07, 6.45) is 18.0. The van der Waals surface area contributed by atoms with Gasteiger partial charge in [0.15, 0.2) is 0 Å². The summed E-state index contributed by atoms with van der Waals surface area (Å²) in [6, 6.07) is 0. The van der Waals surface area contributed by atoms with Crippen LogP contribution in [0.4, 0.5) is 0 Å². The van der Waals surface area contributed by atoms with Crippen molar-refractivity contribution < 1.29 is 17.2 Å². The highest BCUT2D eigenvalue weighted by atomic mass is 32.3. The van der Waals surface area contributed by atoms with E-state index >= 15 is 0 Å². The van der Waals surface area contributed by atoms with Gasteiger partial charge in [-0.1, -0.05) is 97.8 Å². The summed E-state index contributed by atoms with van der Waals surface area (Å²) < 4.78 is 37.7. The molecule has 4 nitrogen and oxygen atoms in total. The van der Waals surface area contributed by atoms with Crippen molar-refractivity contribution in [3.05, 3.63) is 0 Å². The SMILES string of the molecule is CCCCCCCCCCCC(OS(=O)(=O)O)C1(CC)CCCCC1CC. The summed E-state index contributed by atoms with van der Waals surface area (Å²) in [5, 5.41) is 0. The average Bonchev–Trinajstić information content (AvgIpc) is 2.64. The Kier molecular flexibility index (Phi) is 12.1. The minimum atomic E-state index is -4.41. The molecule has 0 heterocycles. The van der Waals surface area contributed by atoms with Crippen LogP contribution < -0.4 is 0 Å². The molecule has 0 amide bonds. The van der Waals surface area contributed by atoms with E-state index < -0.39 is 10.4 Å². The highest BCUT2D eigenvalue weighted by Gasteiger charge is 2.46. The molecular formula is C22H44O4S. The van der Waals surface area contributed by atoms with Crippen LogP contribution in [-0.2, 0) is 14.6 Å². The van der Waals surface area contributed by atoms with Gasteiger partial charge in [0, 0.05) is 5.41 Å². The molecule has 162 valence electrons. The van der Waals surface area contributed by atoms with Crippen molar-refractivity contribution in [2.45, 2.75) is 130 Å². The molecule has 5 heteroatoms. The zero-order valence-corrected chi connectivity index (χ0v) is 18.9. The van der Waals surface area contributed by atoms with Gasteiger partial charge in [-0.2, -0.15) is 8.42 Å². The molecule has 0 aliphatic heterocycles. The first kappa shape index (κ1) is 24.9. The van der Waals surface area contributed by atoms with Gasteiger partial charge in [0.1, 0.15) is 0 Å². The number of unbranched alkanes of at least 4 members (excludes halogenated alkanes) is 8. The molecular weight excluding hydrogens is 360 g/mol. The van der Waals surface area contributed by atoms with Crippen LogP contribution in [0.15, 0.2) is 0 Å². The van der Waals surface area contributed by atoms with Crippen LogP contribution in [0.3, 0.4) is 0 Å². The van der Waals surface area contributed by atoms with Crippen LogP contribution in [-0.4, -0.2) is 19.1 Å². The minimum Gasteiger partial charge on any atom is -0.264 e. The van der Waals surface area contributed by atoms with Gasteiger partial charge in [0.05, 0.1) is 6.10 Å². The van der Waals surface area contributed by atoms with Crippen LogP contribution in [0.2, 0.25) is 0 Å². The van der Waals surface area contributed by atoms with Gasteiger partial charge in [-0.15, -0.1) is 0 Å². The Labute approximate surface area is 168 Å². The summed E-state index contributed by atoms with van der Waals surface area (Å²) in [4.78, 5) is 0. The second-order valence-corrected chi connectivity index (χ2v) is 9.62. The van der Waals surface area contributed by atoms with E-state index in [-0.39, 0.29) is 11.5 Å². The van der Waals surface area contributed by atoms with Crippen LogP contribution in [0.1, 0.15) is 124 Å². The molecule has 1 fully saturated rings. The minimum absolute atomic E-state index is 0.108. The number of rotatable bonds is 15. The van der Waals surface area contributed by atoms with Gasteiger partial charge in [0.2, 0.25) is 0 Å². The van der Waals surface area contributed by atoms with Crippen molar-refractivity contribution in [2.75, 3.05) is 0 Å². The summed E-state index contributed by atoms with van der Waals surface area (Å²) in [7, 11) is -4.41. The van der Waals surface area contributed by atoms with Crippen molar-refractivity contribution in [1.82, 2.24) is 0 Å². The fraction of sp³-hybridized carbons (Fsp3) is 1.00. The lowest BCUT2D eigenvalue weighted by Gasteiger charge is -2.48. The third-order valence-electron chi connectivity index (χ3n) is 6.86. The van der Waals surface area contributed by atoms with E-state index in [1.807, 2.05) is 0 Å². The van der Waals surface area contributed by atoms with Gasteiger partial charge in [-0.05, 0) is 31.6 Å². The molecule has 1 N–H and O–H groups in total. The molecule has 0 aromatic carbocycles. The molecule has 1 saturated carbocycles. The molecule has 1 rings (SSSR count). The molecule has 0 aromatic rings. The van der Waals surface area contributed by atoms with Gasteiger partial charge in [-0.3, -0.25) is 4.55 Å². The third-order valence-corrected chi connectivity index (χ3v) is 7.33. The van der Waals surface area contributed by atoms with Gasteiger partial charge in [0.25, 0.3) is 0 Å². The lowest BCUT2D eigenvalue weighted by atomic mass is 9.60. The van der Waals surface area contributed by atoms with Crippen LogP contribution in [0, 0.1) is 11.3 Å². The molecule has 0 saturated heterocycles. The first-order chi connectivity index (χ1) is 12.9. The normalized spacial score (nSPS) is 24.8. The Balaban J connectivity index is 2.56. The molecule has 0 spiro atoms. The molecule has 3 unspecified atom stereocenters. The first-order valence-corrected chi connectivity index (χ1v) is 12.9. The molecule has 1 aliphatic carbocycles. The zero-order valence-electron chi connectivity index (χ0n) is 18.0. The fourth-order valence-corrected chi connectivity index (χ4v) is 5.86. The summed E-state index contributed by atoms with van der Waals surface area (Å²) in [5.74, 6) is 0.488. The third kappa shape index (κ3) is 8.82. The predicted molar refractivity (Wildman–Crippen MR) is 113 cm³/mol. The van der Waals surface area contributed by atoms with Gasteiger partial charge < -0.3 is 0 Å². The predicted octanol–water partition coefficient (Wildman–Crippen LogP) is 7.09. The van der Waals surface area contributed by atoms with E-state index in [0.717, 1.165) is 51.4 Å². The zero-order chi connectivity index (χ0) is 20.2. The molecule has 0 radical (unpaired) electrons. The lowest BCUT2D eigenvalue weighted by Crippen LogP contribution is -2.45. The van der Waals surface area contributed by atoms with Gasteiger partial charge >= 0.3 is 10.4 Å². The molecule has 3 atom stereocenters. The average molecular weight is 405 g/mol. The Morgan fingerprint density at radius 3 is 2.07 bits per heavy atom. The second-order valence-electron chi connectivity index (χ2n) is 8.57. The maximum Gasteiger partial charge on any atom is 0.397 e. The largest absolute Gasteiger partial charge is 0.397 e. The Hall–Kier alpha value is -0.130. The molecule has 27 heavy (non-hydrogen) atoms. The lowest BCUT2D eigenvalue weighted by molar-refractivity contribution is -0.0436. The maximum absolute atomic E-state index is 11.5. The number of hydrogen-bond acceptors (Lipinski definition) is 3. The van der Waals surface area contributed by atoms with Crippen molar-refractivity contribution in [3.63, 3.8) is 0 Å². The van der Waals surface area contributed by atoms with E-state index in [1.54, 1.807) is 0 Å². The smallest absolute Gasteiger partial charge is 0.264 e. The standard InChI is InChI=1S/C22H44O4S/c1-4-7-8-9-10-11-12-13-14-18-21(26-27(23,24)25)22(6-3)19-16-15-17-20(22)5-2/h20-21H,4-19H2,1-3H3,(H,23,24,25). The Morgan fingerprint density at radius 2 is 1.56 bits per heavy atom. The summed E-state index contributed by atoms with van der Waals surface area (Å²) >= 11 is 0. The molecule has 1 aliphatic rings. The van der Waals surface area contributed by atoms with Crippen molar-refractivity contribution in [1.29, 1.82) is 0 Å². The van der Waals surface area contributed by atoms with Gasteiger partial charge in [-0.25, -0.2) is 4.18 Å². The Bertz CT molecular complexity index is 477. The molecule has 0 bridgehead atoms. The molecule has 0 aromatic heterocycles. The van der Waals surface area contributed by atoms with Crippen LogP contribution in [0.25, 0.3) is 0 Å². The second kappa shape index (κ2) is 13.2. The maximum atomic E-state index is 11.5. The van der Waals surface area contributed by atoms with Crippen LogP contribution >= 0.6 is 0 Å². The fourth-order valence-electron chi connectivity index (χ4n) is 5.28. The van der Waals surface area contributed by atoms with Crippen molar-refractivity contribution in [3.8, 4) is 0 Å². The summed E-state index contributed by atoms with van der Waals surface area (Å²) in [5.41, 5.74) is -0.108. The monoisotopic (exact) mass is 404 g/mol. The van der Waals surface area contributed by atoms with E-state index in [4.69, 9.17) is 4.18 Å². The van der Waals surface area contributed by atoms with E-state index in [9.17, 15) is 13.0 Å². The van der Waals surface area contributed by atoms with E-state index in [2.05, 4.69) is 20.8 Å². The van der Waals surface area contributed by atoms with E-state index in [0.29, 0.717) is 5.92 Å². The highest BCUT2D eigenvalue weighted by Crippen LogP contribution is 2.50. The van der Waals surface area contributed by atoms with Crippen molar-refractivity contribution in [2.24, 2.45) is 11.3 Å². The number of hydrogen-bond donors (Lipinski definition) is 1.